The van der Waals surface area contributed by atoms with E-state index in [4.69, 9.17) is 0 Å². The molecule has 4 heteroatoms. The van der Waals surface area contributed by atoms with Crippen LogP contribution in [0.5, 0.6) is 0 Å². The van der Waals surface area contributed by atoms with Gasteiger partial charge in [-0.05, 0) is 0 Å². The molecule has 0 unspecified atom stereocenters. The summed E-state index contributed by atoms with van der Waals surface area (Å²) in [5.41, 5.74) is 0. The maximum absolute atomic E-state index is 9.98. The third-order valence-corrected chi connectivity index (χ3v) is 1.54. The summed E-state index contributed by atoms with van der Waals surface area (Å²) in [6, 6.07) is 0. The number of hydrogen-bond acceptors (Lipinski definition) is 2. The van der Waals surface area contributed by atoms with Crippen LogP contribution in [0, 0.1) is 0 Å². The highest BCUT2D eigenvalue weighted by molar-refractivity contribution is 14.1. The zero-order valence-electron chi connectivity index (χ0n) is 3.18. The first-order valence-corrected chi connectivity index (χ1v) is 2.74. The van der Waals surface area contributed by atoms with Crippen LogP contribution in [0.2, 0.25) is 0 Å². The molecule has 0 saturated carbocycles. The number of carbonyl (C=O) groups excluding carboxylic acids is 1. The first-order chi connectivity index (χ1) is 2.64. The number of thiol groups is 1. The number of halogens is 1. The smallest absolute Gasteiger partial charge is 0.284 e. The van der Waals surface area contributed by atoms with E-state index in [1.807, 2.05) is 0 Å². The fraction of sp³-hybridized carbons (Fsp3) is 0.500. The molecular formula is C2H4INOS. The van der Waals surface area contributed by atoms with Crippen molar-refractivity contribution in [2.45, 2.75) is 0 Å². The summed E-state index contributed by atoms with van der Waals surface area (Å²) in [4.78, 5) is 9.98. The second kappa shape index (κ2) is 2.68. The normalized spacial score (nSPS) is 7.83. The van der Waals surface area contributed by atoms with Gasteiger partial charge in [-0.2, -0.15) is 0 Å². The van der Waals surface area contributed by atoms with Crippen molar-refractivity contribution < 1.29 is 4.79 Å². The average Bonchev–Trinajstić information content (AvgIpc) is 1.36. The number of rotatable bonds is 0. The van der Waals surface area contributed by atoms with E-state index < -0.39 is 0 Å². The molecular weight excluding hydrogens is 213 g/mol. The number of carbonyl (C=O) groups is 1. The van der Waals surface area contributed by atoms with Gasteiger partial charge in [0.15, 0.2) is 0 Å². The first kappa shape index (κ1) is 6.55. The van der Waals surface area contributed by atoms with Gasteiger partial charge in [0.2, 0.25) is 0 Å². The maximum atomic E-state index is 9.98. The van der Waals surface area contributed by atoms with Gasteiger partial charge in [-0.25, -0.2) is 0 Å². The quantitative estimate of drug-likeness (QED) is 0.281. The standard InChI is InChI=1S/C2H4INOS/c1-4(6)2(3)5/h6H,1H3. The van der Waals surface area contributed by atoms with Crippen LogP contribution in [-0.4, -0.2) is 15.3 Å². The molecule has 0 aliphatic heterocycles. The molecule has 0 rings (SSSR count). The molecule has 0 aliphatic rings. The van der Waals surface area contributed by atoms with E-state index in [1.54, 1.807) is 29.6 Å². The van der Waals surface area contributed by atoms with Gasteiger partial charge in [0.05, 0.1) is 0 Å². The largest absolute Gasteiger partial charge is 0.292 e. The summed E-state index contributed by atoms with van der Waals surface area (Å²) < 4.78 is 1.14. The van der Waals surface area contributed by atoms with Gasteiger partial charge in [0.1, 0.15) is 0 Å². The summed E-state index contributed by atoms with van der Waals surface area (Å²) in [5.74, 6) is 0. The molecule has 0 fully saturated rings. The zero-order chi connectivity index (χ0) is 5.15. The SMILES string of the molecule is CN(S)C(=O)I. The average molecular weight is 217 g/mol. The lowest BCUT2D eigenvalue weighted by atomic mass is 11.2. The van der Waals surface area contributed by atoms with Gasteiger partial charge in [-0.1, -0.05) is 12.8 Å². The Morgan fingerprint density at radius 2 is 2.17 bits per heavy atom. The highest BCUT2D eigenvalue weighted by atomic mass is 127. The van der Waals surface area contributed by atoms with Gasteiger partial charge < -0.3 is 0 Å². The fourth-order valence-electron chi connectivity index (χ4n) is 0. The summed E-state index contributed by atoms with van der Waals surface area (Å²) in [6.07, 6.45) is 0. The molecule has 0 aromatic carbocycles. The number of hydrogen-bond donors (Lipinski definition) is 1. The lowest BCUT2D eigenvalue weighted by Gasteiger charge is -1.98. The van der Waals surface area contributed by atoms with Gasteiger partial charge in [0, 0.05) is 29.6 Å². The van der Waals surface area contributed by atoms with Crippen molar-refractivity contribution in [3.8, 4) is 0 Å². The van der Waals surface area contributed by atoms with Crippen LogP contribution in [0.3, 0.4) is 0 Å². The van der Waals surface area contributed by atoms with Crippen LogP contribution in [-0.2, 0) is 0 Å². The van der Waals surface area contributed by atoms with E-state index in [-0.39, 0.29) is 3.91 Å². The van der Waals surface area contributed by atoms with E-state index in [0.717, 1.165) is 0 Å². The fourth-order valence-corrected chi connectivity index (χ4v) is 0. The Bertz CT molecular complexity index is 64.6. The second-order valence-corrected chi connectivity index (χ2v) is 2.30. The lowest BCUT2D eigenvalue weighted by Crippen LogP contribution is -2.05. The van der Waals surface area contributed by atoms with Gasteiger partial charge >= 0.3 is 0 Å². The molecule has 0 spiro atoms. The summed E-state index contributed by atoms with van der Waals surface area (Å²) in [7, 11) is 1.58. The molecule has 0 radical (unpaired) electrons. The minimum atomic E-state index is -0.0732. The number of nitrogens with zero attached hydrogens (tertiary/aromatic N) is 1. The Kier molecular flexibility index (Phi) is 2.92. The van der Waals surface area contributed by atoms with E-state index in [1.165, 1.54) is 4.31 Å². The molecule has 1 amide bonds. The van der Waals surface area contributed by atoms with E-state index in [0.29, 0.717) is 0 Å². The van der Waals surface area contributed by atoms with Crippen molar-refractivity contribution in [2.24, 2.45) is 0 Å². The minimum Gasteiger partial charge on any atom is -0.284 e. The van der Waals surface area contributed by atoms with Gasteiger partial charge in [-0.15, -0.1) is 0 Å². The van der Waals surface area contributed by atoms with E-state index in [9.17, 15) is 4.79 Å². The Morgan fingerprint density at radius 1 is 2.00 bits per heavy atom. The summed E-state index contributed by atoms with van der Waals surface area (Å²) in [6.45, 7) is 0. The van der Waals surface area contributed by atoms with Gasteiger partial charge in [0.25, 0.3) is 3.91 Å². The Balaban J connectivity index is 3.26. The number of amides is 1. The molecule has 0 saturated heterocycles. The van der Waals surface area contributed by atoms with Crippen LogP contribution in [0.4, 0.5) is 4.79 Å². The van der Waals surface area contributed by atoms with Crippen molar-refractivity contribution >= 4 is 39.3 Å². The molecule has 0 bridgehead atoms. The van der Waals surface area contributed by atoms with Crippen molar-refractivity contribution in [2.75, 3.05) is 7.05 Å². The maximum Gasteiger partial charge on any atom is 0.292 e. The second-order valence-electron chi connectivity index (χ2n) is 0.777. The molecule has 0 aliphatic carbocycles. The Labute approximate surface area is 55.6 Å². The third kappa shape index (κ3) is 2.77. The van der Waals surface area contributed by atoms with Crippen LogP contribution in [0.1, 0.15) is 0 Å². The topological polar surface area (TPSA) is 20.3 Å². The molecule has 0 aromatic rings. The summed E-state index contributed by atoms with van der Waals surface area (Å²) in [5, 5.41) is 0. The highest BCUT2D eigenvalue weighted by Gasteiger charge is 1.92. The highest BCUT2D eigenvalue weighted by Crippen LogP contribution is 1.96. The zero-order valence-corrected chi connectivity index (χ0v) is 6.23. The van der Waals surface area contributed by atoms with Crippen LogP contribution in [0.25, 0.3) is 0 Å². The minimum absolute atomic E-state index is 0.0732. The first-order valence-electron chi connectivity index (χ1n) is 1.26. The van der Waals surface area contributed by atoms with Crippen molar-refractivity contribution in [1.29, 1.82) is 0 Å². The van der Waals surface area contributed by atoms with Crippen LogP contribution in [0.15, 0.2) is 0 Å². The van der Waals surface area contributed by atoms with Crippen molar-refractivity contribution in [1.82, 2.24) is 4.31 Å². The van der Waals surface area contributed by atoms with Gasteiger partial charge in [-0.3, -0.25) is 9.10 Å². The molecule has 0 aromatic heterocycles. The molecule has 2 nitrogen and oxygen atoms in total. The van der Waals surface area contributed by atoms with E-state index in [2.05, 4.69) is 12.8 Å². The summed E-state index contributed by atoms with van der Waals surface area (Å²) >= 11 is 5.31. The molecule has 36 valence electrons. The molecule has 6 heavy (non-hydrogen) atoms. The molecule has 0 heterocycles. The molecule has 0 N–H and O–H groups in total. The monoisotopic (exact) mass is 217 g/mol. The Hall–Kier alpha value is 0.550. The molecule has 0 atom stereocenters. The Morgan fingerprint density at radius 3 is 2.17 bits per heavy atom. The van der Waals surface area contributed by atoms with Crippen molar-refractivity contribution in [3.63, 3.8) is 0 Å². The third-order valence-electron chi connectivity index (χ3n) is 0.254. The van der Waals surface area contributed by atoms with E-state index >= 15 is 0 Å². The van der Waals surface area contributed by atoms with Crippen molar-refractivity contribution in [3.05, 3.63) is 0 Å². The van der Waals surface area contributed by atoms with Crippen LogP contribution < -0.4 is 0 Å². The van der Waals surface area contributed by atoms with Crippen LogP contribution >= 0.6 is 35.4 Å². The predicted molar refractivity (Wildman–Crippen MR) is 36.2 cm³/mol. The lowest BCUT2D eigenvalue weighted by molar-refractivity contribution is 0.255. The predicted octanol–water partition coefficient (Wildman–Crippen LogP) is 1.32.